The first-order chi connectivity index (χ1) is 39.4. The van der Waals surface area contributed by atoms with Gasteiger partial charge in [-0.3, -0.25) is 0 Å². The summed E-state index contributed by atoms with van der Waals surface area (Å²) in [6.07, 6.45) is 10.3. The van der Waals surface area contributed by atoms with E-state index in [0.717, 1.165) is 143 Å². The fraction of sp³-hybridized carbons (Fsp3) is 0.583. The van der Waals surface area contributed by atoms with Gasteiger partial charge >= 0.3 is 6.18 Å². The minimum atomic E-state index is -4.81. The number of thioether (sulfide) groups is 5. The largest absolute Gasteiger partial charge is 0.508 e. The van der Waals surface area contributed by atoms with Gasteiger partial charge in [0.25, 0.3) is 0 Å². The van der Waals surface area contributed by atoms with Gasteiger partial charge in [-0.15, -0.1) is 58.8 Å². The number of aromatic hydroxyl groups is 2. The molecule has 0 amide bonds. The summed E-state index contributed by atoms with van der Waals surface area (Å²) in [5.41, 5.74) is 8.34. The third-order valence-electron chi connectivity index (χ3n) is 18.4. The van der Waals surface area contributed by atoms with Crippen LogP contribution in [0.5, 0.6) is 11.5 Å². The van der Waals surface area contributed by atoms with Gasteiger partial charge in [0.1, 0.15) is 20.8 Å². The first-order valence-electron chi connectivity index (χ1n) is 31.2. The summed E-state index contributed by atoms with van der Waals surface area (Å²) < 4.78 is 52.2. The van der Waals surface area contributed by atoms with Gasteiger partial charge < -0.3 is 15.3 Å². The zero-order chi connectivity index (χ0) is 59.7. The molecule has 0 heterocycles. The number of phenolic OH excluding ortho intramolecular Hbond substituents is 2. The lowest BCUT2D eigenvalue weighted by molar-refractivity contribution is -0.239. The number of phenols is 2. The van der Waals surface area contributed by atoms with Crippen molar-refractivity contribution >= 4 is 58.8 Å². The maximum absolute atomic E-state index is 18.5. The van der Waals surface area contributed by atoms with E-state index in [4.69, 9.17) is 0 Å². The van der Waals surface area contributed by atoms with Crippen LogP contribution in [0.4, 0.5) is 13.2 Å². The highest BCUT2D eigenvalue weighted by molar-refractivity contribution is 8.35. The molecule has 4 bridgehead atoms. The number of rotatable bonds is 30. The summed E-state index contributed by atoms with van der Waals surface area (Å²) in [6.45, 7) is 18.8. The first-order valence-corrected chi connectivity index (χ1v) is 35.9. The van der Waals surface area contributed by atoms with E-state index in [-0.39, 0.29) is 5.41 Å². The molecule has 4 fully saturated rings. The average Bonchev–Trinajstić information content (AvgIpc) is 0.779. The zero-order valence-electron chi connectivity index (χ0n) is 51.4. The Balaban J connectivity index is 1.26. The van der Waals surface area contributed by atoms with Crippen molar-refractivity contribution < 1.29 is 28.5 Å². The summed E-state index contributed by atoms with van der Waals surface area (Å²) in [6, 6.07) is 38.9. The Morgan fingerprint density at radius 2 is 0.988 bits per heavy atom. The van der Waals surface area contributed by atoms with Gasteiger partial charge in [-0.05, 0) is 244 Å². The van der Waals surface area contributed by atoms with Crippen LogP contribution in [-0.2, 0) is 35.8 Å². The number of benzene rings is 5. The summed E-state index contributed by atoms with van der Waals surface area (Å²) in [5.74, 6) is 1.75. The summed E-state index contributed by atoms with van der Waals surface area (Å²) in [7, 11) is 0. The van der Waals surface area contributed by atoms with E-state index in [0.29, 0.717) is 58.7 Å². The zero-order valence-corrected chi connectivity index (χ0v) is 55.4. The summed E-state index contributed by atoms with van der Waals surface area (Å²) >= 11 is 7.68. The molecule has 83 heavy (non-hydrogen) atoms. The van der Waals surface area contributed by atoms with E-state index in [1.807, 2.05) is 62.4 Å². The van der Waals surface area contributed by atoms with Crippen LogP contribution in [0.3, 0.4) is 0 Å². The predicted molar refractivity (Wildman–Crippen MR) is 357 cm³/mol. The molecule has 5 aromatic carbocycles. The Kier molecular flexibility index (Phi) is 22.8. The number of hydrogen-bond acceptors (Lipinski definition) is 8. The van der Waals surface area contributed by atoms with Crippen molar-refractivity contribution in [2.24, 2.45) is 29.1 Å². The Morgan fingerprint density at radius 3 is 1.47 bits per heavy atom. The molecular formula is C72H97F3O3S5. The summed E-state index contributed by atoms with van der Waals surface area (Å²) in [4.78, 5) is -2.31. The maximum atomic E-state index is 18.5. The highest BCUT2D eigenvalue weighted by Crippen LogP contribution is 2.77. The standard InChI is InChI=1S/C72H97F3O3S5/c1-51-43-60(52(2)53(3)64(51)77)34-22-26-42-82-72(83-67(7,8)9,81-41-25-20-32-55-29-15-11-16-30-55)70(78,80-40-24-19-31-54-27-13-10-14-28-54)65(71(73,74)75)69(61-35-17-12-18-36-61,68-48-57-44-58(49-68)46-59(45-57)50-68)79-39-23-21-33-56-37-38-63(76)62(47-56)66(4,5)6/h10-18,27-30,35-38,43,47,57-59,65,76-78H,19-26,31-34,39-42,44-46,48-50H2,1-9H3. The molecule has 0 aliphatic heterocycles. The second-order valence-electron chi connectivity index (χ2n) is 27.0. The molecular weight excluding hydrogens is 1130 g/mol. The molecule has 11 heteroatoms. The Hall–Kier alpha value is -2.80. The van der Waals surface area contributed by atoms with E-state index in [1.54, 1.807) is 53.1 Å². The number of aliphatic hydroxyl groups is 1. The number of unbranched alkanes of at least 4 members (excludes halogenated alkanes) is 4. The van der Waals surface area contributed by atoms with Crippen LogP contribution >= 0.6 is 58.8 Å². The SMILES string of the molecule is Cc1cc(CCCCSC(SCCCCc2ccccc2)(SC(C)(C)C)C(O)(SCCCCc2ccccc2)C(C(F)(F)F)C(SCCCCc2ccc(O)c(C(C)(C)C)c2)(c2ccccc2)C23CC4CC(CC(C4)C2)C3)c(C)c(C)c1O. The van der Waals surface area contributed by atoms with Gasteiger partial charge in [0, 0.05) is 4.75 Å². The number of alkyl halides is 3. The van der Waals surface area contributed by atoms with Crippen LogP contribution < -0.4 is 0 Å². The van der Waals surface area contributed by atoms with Crippen LogP contribution in [0, 0.1) is 49.9 Å². The van der Waals surface area contributed by atoms with E-state index in [1.165, 1.54) is 28.5 Å². The first kappa shape index (κ1) is 66.2. The van der Waals surface area contributed by atoms with E-state index in [2.05, 4.69) is 109 Å². The molecule has 0 aromatic heterocycles. The van der Waals surface area contributed by atoms with Gasteiger partial charge in [-0.2, -0.15) is 13.2 Å². The Morgan fingerprint density at radius 1 is 0.530 bits per heavy atom. The Bertz CT molecular complexity index is 2800. The molecule has 3 nitrogen and oxygen atoms in total. The molecule has 9 rings (SSSR count). The van der Waals surface area contributed by atoms with Crippen LogP contribution in [-0.4, -0.2) is 57.6 Å². The molecule has 454 valence electrons. The van der Waals surface area contributed by atoms with Crippen molar-refractivity contribution in [2.75, 3.05) is 23.0 Å². The predicted octanol–water partition coefficient (Wildman–Crippen LogP) is 20.8. The smallest absolute Gasteiger partial charge is 0.397 e. The van der Waals surface area contributed by atoms with Crippen molar-refractivity contribution in [1.82, 2.24) is 0 Å². The molecule has 4 unspecified atom stereocenters. The van der Waals surface area contributed by atoms with Crippen molar-refractivity contribution in [3.05, 3.63) is 165 Å². The number of aryl methyl sites for hydroxylation is 5. The fourth-order valence-electron chi connectivity index (χ4n) is 14.8. The van der Waals surface area contributed by atoms with Gasteiger partial charge in [0.05, 0.1) is 4.75 Å². The highest BCUT2D eigenvalue weighted by atomic mass is 32.3. The van der Waals surface area contributed by atoms with E-state index >= 15 is 18.3 Å². The quantitative estimate of drug-likeness (QED) is 0.0311. The van der Waals surface area contributed by atoms with E-state index in [9.17, 15) is 10.2 Å². The van der Waals surface area contributed by atoms with Crippen molar-refractivity contribution in [3.63, 3.8) is 0 Å². The third-order valence-corrected chi connectivity index (χ3v) is 27.6. The fourth-order valence-corrected chi connectivity index (χ4v) is 25.5. The molecule has 0 saturated heterocycles. The number of halogens is 3. The maximum Gasteiger partial charge on any atom is 0.397 e. The molecule has 0 spiro atoms. The monoisotopic (exact) mass is 1230 g/mol. The molecule has 4 saturated carbocycles. The lowest BCUT2D eigenvalue weighted by atomic mass is 9.43. The molecule has 4 aliphatic carbocycles. The molecule has 4 aliphatic rings. The molecule has 4 atom stereocenters. The Labute approximate surface area is 519 Å². The average molecular weight is 1230 g/mol. The summed E-state index contributed by atoms with van der Waals surface area (Å²) in [5, 5.41) is 36.9. The van der Waals surface area contributed by atoms with Crippen molar-refractivity contribution in [1.29, 1.82) is 0 Å². The van der Waals surface area contributed by atoms with Gasteiger partial charge in [0.2, 0.25) is 0 Å². The van der Waals surface area contributed by atoms with Gasteiger partial charge in [0.15, 0.2) is 4.93 Å². The van der Waals surface area contributed by atoms with Crippen LogP contribution in [0.25, 0.3) is 0 Å². The second kappa shape index (κ2) is 28.6. The van der Waals surface area contributed by atoms with Gasteiger partial charge in [-0.1, -0.05) is 151 Å². The molecule has 0 radical (unpaired) electrons. The topological polar surface area (TPSA) is 60.7 Å². The third kappa shape index (κ3) is 16.1. The van der Waals surface area contributed by atoms with Crippen molar-refractivity contribution in [3.8, 4) is 11.5 Å². The lowest BCUT2D eigenvalue weighted by Crippen LogP contribution is -2.68. The molecule has 3 N–H and O–H groups in total. The van der Waals surface area contributed by atoms with Crippen molar-refractivity contribution in [2.45, 2.75) is 207 Å². The van der Waals surface area contributed by atoms with Crippen LogP contribution in [0.15, 0.2) is 115 Å². The van der Waals surface area contributed by atoms with Crippen LogP contribution in [0.2, 0.25) is 0 Å². The molecule has 5 aromatic rings. The van der Waals surface area contributed by atoms with Gasteiger partial charge in [-0.25, -0.2) is 0 Å². The normalized spacial score (nSPS) is 21.6. The van der Waals surface area contributed by atoms with E-state index < -0.39 is 35.3 Å². The van der Waals surface area contributed by atoms with Crippen LogP contribution in [0.1, 0.15) is 182 Å². The minimum Gasteiger partial charge on any atom is -0.508 e. The number of hydrogen-bond donors (Lipinski definition) is 3. The second-order valence-corrected chi connectivity index (χ2v) is 35.1. The lowest BCUT2D eigenvalue weighted by Gasteiger charge is -2.68. The highest BCUT2D eigenvalue weighted by Gasteiger charge is 2.76. The minimum absolute atomic E-state index is 0.239.